The SMILES string of the molecule is CC[C@]1(O)C[C@H]2CN(CCc3c([nH]c4ccccc34)[C@@](C(=O)OC)(c3cc4c(cc3OC)N(C)[C@H]3[C@@](O)(C(=O)NNC(=O)OCCSSC[C@H](NC(=O)[C@@H](NC(=O)[C@@H](C)CC(=O)O)[C@@H](O)[C@H](O)[C@H](O)CO)C(=O)O)[C@H](O)[C@]5(CC)C=CCN6CC[C@]43[C@@H]65)C2)C1. The van der Waals surface area contributed by atoms with Crippen molar-refractivity contribution in [3.8, 4) is 5.75 Å². The summed E-state index contributed by atoms with van der Waals surface area (Å²) in [6.45, 7) is 6.41. The highest BCUT2D eigenvalue weighted by Crippen LogP contribution is 2.67. The molecule has 1 aromatic heterocycles. The second-order valence-electron chi connectivity index (χ2n) is 24.6. The predicted octanol–water partition coefficient (Wildman–Crippen LogP) is -0.374. The molecule has 6 aliphatic rings. The number of likely N-dealkylation sites (N-methyl/N-ethyl adjacent to an activating group) is 1. The molecule has 6 heterocycles. The summed E-state index contributed by atoms with van der Waals surface area (Å²) in [5.74, 6) is -8.48. The molecule has 2 saturated heterocycles. The molecule has 488 valence electrons. The Morgan fingerprint density at radius 3 is 2.31 bits per heavy atom. The van der Waals surface area contributed by atoms with E-state index in [4.69, 9.17) is 19.3 Å². The molecule has 1 aliphatic carbocycles. The number of nitrogens with zero attached hydrogens (tertiary/aromatic N) is 3. The molecule has 5 aliphatic heterocycles. The van der Waals surface area contributed by atoms with E-state index in [0.717, 1.165) is 38.1 Å². The van der Waals surface area contributed by atoms with Gasteiger partial charge in [-0.25, -0.2) is 15.0 Å². The van der Waals surface area contributed by atoms with Crippen LogP contribution in [0.15, 0.2) is 48.6 Å². The quantitative estimate of drug-likeness (QED) is 0.0189. The number of aliphatic carboxylic acids is 2. The number of fused-ring (bicyclic) bond motifs is 6. The lowest BCUT2D eigenvalue weighted by atomic mass is 9.47. The highest BCUT2D eigenvalue weighted by Gasteiger charge is 2.79. The number of rotatable bonds is 23. The number of aliphatic hydroxyl groups is 7. The van der Waals surface area contributed by atoms with Crippen LogP contribution in [-0.2, 0) is 55.5 Å². The second-order valence-corrected chi connectivity index (χ2v) is 27.2. The van der Waals surface area contributed by atoms with Gasteiger partial charge in [0, 0.05) is 101 Å². The van der Waals surface area contributed by atoms with Crippen molar-refractivity contribution in [3.05, 3.63) is 70.9 Å². The molecule has 1 saturated carbocycles. The fourth-order valence-electron chi connectivity index (χ4n) is 15.5. The van der Waals surface area contributed by atoms with Crippen LogP contribution in [0.4, 0.5) is 10.5 Å². The van der Waals surface area contributed by atoms with Crippen molar-refractivity contribution in [1.82, 2.24) is 36.3 Å². The lowest BCUT2D eigenvalue weighted by Crippen LogP contribution is -2.82. The maximum atomic E-state index is 15.5. The minimum Gasteiger partial charge on any atom is -0.496 e. The van der Waals surface area contributed by atoms with Gasteiger partial charge in [-0.1, -0.05) is 72.7 Å². The summed E-state index contributed by atoms with van der Waals surface area (Å²) in [6, 6.07) is 6.19. The molecule has 16 atom stereocenters. The Bertz CT molecular complexity index is 3230. The van der Waals surface area contributed by atoms with Gasteiger partial charge in [0.2, 0.25) is 11.8 Å². The number of carboxylic acid groups (broad SMARTS) is 2. The molecule has 89 heavy (non-hydrogen) atoms. The largest absolute Gasteiger partial charge is 0.496 e. The molecule has 27 nitrogen and oxygen atoms in total. The summed E-state index contributed by atoms with van der Waals surface area (Å²) in [4.78, 5) is 104. The number of anilines is 1. The average Bonchev–Trinajstić information content (AvgIpc) is 1.52. The normalized spacial score (nSPS) is 30.4. The number of nitrogens with one attached hydrogen (secondary N) is 5. The summed E-state index contributed by atoms with van der Waals surface area (Å²) in [7, 11) is 6.52. The summed E-state index contributed by atoms with van der Waals surface area (Å²) in [6.07, 6.45) is -3.96. The van der Waals surface area contributed by atoms with Crippen LogP contribution in [0.2, 0.25) is 0 Å². The second kappa shape index (κ2) is 26.5. The highest BCUT2D eigenvalue weighted by atomic mass is 33.1. The van der Waals surface area contributed by atoms with Crippen molar-refractivity contribution < 1.29 is 93.7 Å². The van der Waals surface area contributed by atoms with Gasteiger partial charge in [0.1, 0.15) is 54.3 Å². The number of aliphatic hydroxyl groups excluding tert-OH is 5. The maximum Gasteiger partial charge on any atom is 0.426 e. The zero-order chi connectivity index (χ0) is 64.7. The number of aromatic nitrogens is 1. The van der Waals surface area contributed by atoms with Gasteiger partial charge in [0.25, 0.3) is 5.91 Å². The lowest BCUT2D eigenvalue weighted by Gasteiger charge is -2.63. The van der Waals surface area contributed by atoms with Crippen molar-refractivity contribution in [2.24, 2.45) is 17.3 Å². The summed E-state index contributed by atoms with van der Waals surface area (Å²) in [5, 5.41) is 103. The van der Waals surface area contributed by atoms with Gasteiger partial charge in [0.05, 0.1) is 38.9 Å². The standard InChI is InChI=1S/C60H82N8O19S2/c1-7-56(83)25-32-26-59(54(81)86-6,46-34(14-18-67(27-32)30-56)33-12-9-10-13-37(33)61-46)36-23-35-39(24-41(36)85-5)66(4)51-58(35)16-19-68-17-11-15-57(8-2,50(58)68)52(79)60(51,84)53(80)64-65-55(82)87-20-21-88-89-29-38(49(77)78)62-48(76)43(45(74)44(73)40(70)28-69)63-47(75)31(3)22-42(71)72/h9-13,15,23-24,31-32,38,40,43-45,50-52,61,69-70,73-74,79,83-84H,7-8,14,16-22,25-30H2,1-6H3,(H,62,76)(H,63,75)(H,64,80)(H,65,82)(H,71,72)(H,77,78)/t31-,32+,38-,40+,43-,44+,45+,50-,51+,52+,56-,57+,58+,59-,60-/m0/s1. The number of para-hydroxylation sites is 1. The van der Waals surface area contributed by atoms with Gasteiger partial charge in [-0.15, -0.1) is 0 Å². The first-order chi connectivity index (χ1) is 42.3. The van der Waals surface area contributed by atoms with Crippen molar-refractivity contribution >= 4 is 79.9 Å². The van der Waals surface area contributed by atoms with E-state index in [1.165, 1.54) is 21.1 Å². The third-order valence-electron chi connectivity index (χ3n) is 19.6. The van der Waals surface area contributed by atoms with Crippen LogP contribution in [0, 0.1) is 17.3 Å². The molecule has 0 radical (unpaired) electrons. The number of piperidine rings is 1. The minimum absolute atomic E-state index is 0.0142. The molecule has 14 N–H and O–H groups in total. The number of hydrazine groups is 1. The number of benzene rings is 2. The molecule has 3 aromatic rings. The average molecular weight is 1280 g/mol. The molecular weight excluding hydrogens is 1200 g/mol. The third-order valence-corrected chi connectivity index (χ3v) is 22.0. The minimum atomic E-state index is -2.68. The Morgan fingerprint density at radius 2 is 1.64 bits per heavy atom. The van der Waals surface area contributed by atoms with E-state index >= 15 is 9.59 Å². The van der Waals surface area contributed by atoms with Crippen molar-refractivity contribution in [3.63, 3.8) is 0 Å². The topological polar surface area (TPSA) is 403 Å². The van der Waals surface area contributed by atoms with Gasteiger partial charge >= 0.3 is 24.0 Å². The molecule has 2 aromatic carbocycles. The number of aromatic amines is 1. The number of amides is 4. The smallest absolute Gasteiger partial charge is 0.426 e. The predicted molar refractivity (Wildman–Crippen MR) is 324 cm³/mol. The van der Waals surface area contributed by atoms with E-state index < -0.39 is 137 Å². The number of esters is 1. The maximum absolute atomic E-state index is 15.5. The Kier molecular flexibility index (Phi) is 20.0. The van der Waals surface area contributed by atoms with Crippen LogP contribution in [-0.4, -0.2) is 241 Å². The molecule has 2 bridgehead atoms. The van der Waals surface area contributed by atoms with E-state index in [-0.39, 0.29) is 36.9 Å². The summed E-state index contributed by atoms with van der Waals surface area (Å²) >= 11 is 0. The zero-order valence-electron chi connectivity index (χ0n) is 50.5. The molecular formula is C60H82N8O19S2. The Morgan fingerprint density at radius 1 is 0.899 bits per heavy atom. The molecule has 9 rings (SSSR count). The van der Waals surface area contributed by atoms with Crippen molar-refractivity contribution in [2.45, 2.75) is 136 Å². The van der Waals surface area contributed by atoms with E-state index in [1.807, 2.05) is 62.4 Å². The molecule has 1 unspecified atom stereocenters. The highest BCUT2D eigenvalue weighted by molar-refractivity contribution is 8.76. The zero-order valence-corrected chi connectivity index (χ0v) is 52.1. The molecule has 3 fully saturated rings. The molecule has 4 amide bonds. The summed E-state index contributed by atoms with van der Waals surface area (Å²) < 4.78 is 17.7. The first-order valence-corrected chi connectivity index (χ1v) is 32.3. The van der Waals surface area contributed by atoms with Crippen molar-refractivity contribution in [2.75, 3.05) is 83.6 Å². The number of carbonyl (C=O) groups is 7. The van der Waals surface area contributed by atoms with E-state index in [0.29, 0.717) is 86.7 Å². The number of methoxy groups -OCH3 is 2. The van der Waals surface area contributed by atoms with Gasteiger partial charge < -0.3 is 80.7 Å². The number of H-pyrrole nitrogens is 1. The van der Waals surface area contributed by atoms with Crippen molar-refractivity contribution in [1.29, 1.82) is 0 Å². The van der Waals surface area contributed by atoms with E-state index in [9.17, 15) is 64.8 Å². The molecule has 29 heteroatoms. The fourth-order valence-corrected chi connectivity index (χ4v) is 17.5. The van der Waals surface area contributed by atoms with Gasteiger partial charge in [-0.05, 0) is 74.2 Å². The fraction of sp³-hybridized carbons (Fsp3) is 0.617. The summed E-state index contributed by atoms with van der Waals surface area (Å²) in [5.41, 5.74) is 1.06. The first-order valence-electron chi connectivity index (χ1n) is 29.9. The lowest BCUT2D eigenvalue weighted by molar-refractivity contribution is -0.204. The molecule has 1 spiro atoms. The van der Waals surface area contributed by atoms with Crippen LogP contribution in [0.3, 0.4) is 0 Å². The number of hydrogen-bond donors (Lipinski definition) is 14. The van der Waals surface area contributed by atoms with Crippen LogP contribution < -0.4 is 31.1 Å². The third kappa shape index (κ3) is 11.8. The number of carbonyl (C=O) groups excluding carboxylic acids is 5. The van der Waals surface area contributed by atoms with E-state index in [2.05, 4.69) is 36.3 Å². The van der Waals surface area contributed by atoms with Gasteiger partial charge in [-0.2, -0.15) is 0 Å². The number of carboxylic acids is 2. The number of ether oxygens (including phenoxy) is 3. The Hall–Kier alpha value is -6.25. The van der Waals surface area contributed by atoms with Crippen LogP contribution >= 0.6 is 21.6 Å². The van der Waals surface area contributed by atoms with Crippen LogP contribution in [0.1, 0.15) is 81.7 Å². The van der Waals surface area contributed by atoms with Crippen LogP contribution in [0.5, 0.6) is 5.75 Å². The van der Waals surface area contributed by atoms with Gasteiger partial charge in [0.15, 0.2) is 5.60 Å². The Labute approximate surface area is 521 Å². The monoisotopic (exact) mass is 1280 g/mol. The van der Waals surface area contributed by atoms with Crippen LogP contribution in [0.25, 0.3) is 10.9 Å². The van der Waals surface area contributed by atoms with Gasteiger partial charge in [-0.3, -0.25) is 39.2 Å². The number of hydrogen-bond acceptors (Lipinski definition) is 22. The Balaban J connectivity index is 0.957. The van der Waals surface area contributed by atoms with E-state index in [1.54, 1.807) is 11.9 Å². The first kappa shape index (κ1) is 67.2.